The number of carboxylic acids is 1. The van der Waals surface area contributed by atoms with E-state index in [1.807, 2.05) is 10.6 Å². The Balaban J connectivity index is 2.12. The average Bonchev–Trinajstić information content (AvgIpc) is 2.77. The third-order valence-corrected chi connectivity index (χ3v) is 3.14. The minimum atomic E-state index is -0.927. The monoisotopic (exact) mass is 261 g/mol. The van der Waals surface area contributed by atoms with Crippen LogP contribution in [0, 0.1) is 0 Å². The second-order valence-electron chi connectivity index (χ2n) is 4.93. The molecular formula is C14H19N3O2. The first-order chi connectivity index (χ1) is 9.09. The highest BCUT2D eigenvalue weighted by atomic mass is 16.4. The lowest BCUT2D eigenvalue weighted by Crippen LogP contribution is -2.13. The maximum atomic E-state index is 11.1. The van der Waals surface area contributed by atoms with E-state index in [9.17, 15) is 4.79 Å². The van der Waals surface area contributed by atoms with E-state index >= 15 is 0 Å². The van der Waals surface area contributed by atoms with Crippen molar-refractivity contribution in [2.24, 2.45) is 0 Å². The van der Waals surface area contributed by atoms with E-state index in [1.54, 1.807) is 18.5 Å². The van der Waals surface area contributed by atoms with Gasteiger partial charge in [-0.05, 0) is 45.6 Å². The van der Waals surface area contributed by atoms with E-state index in [0.717, 1.165) is 31.4 Å². The van der Waals surface area contributed by atoms with E-state index in [0.29, 0.717) is 5.52 Å². The fourth-order valence-corrected chi connectivity index (χ4v) is 2.15. The molecule has 0 spiro atoms. The van der Waals surface area contributed by atoms with Crippen LogP contribution < -0.4 is 0 Å². The summed E-state index contributed by atoms with van der Waals surface area (Å²) in [5, 5.41) is 9.11. The van der Waals surface area contributed by atoms with Gasteiger partial charge in [-0.25, -0.2) is 9.78 Å². The molecule has 5 nitrogen and oxygen atoms in total. The van der Waals surface area contributed by atoms with Crippen LogP contribution in [0.2, 0.25) is 0 Å². The van der Waals surface area contributed by atoms with Gasteiger partial charge in [-0.1, -0.05) is 6.07 Å². The molecule has 0 atom stereocenters. The molecule has 2 rings (SSSR count). The normalized spacial score (nSPS) is 11.3. The second-order valence-corrected chi connectivity index (χ2v) is 4.93. The lowest BCUT2D eigenvalue weighted by Gasteiger charge is -2.09. The average molecular weight is 261 g/mol. The van der Waals surface area contributed by atoms with Gasteiger partial charge in [-0.2, -0.15) is 0 Å². The Hall–Kier alpha value is -1.88. The highest BCUT2D eigenvalue weighted by molar-refractivity contribution is 6.00. The molecule has 0 saturated heterocycles. The zero-order chi connectivity index (χ0) is 13.8. The molecule has 5 heteroatoms. The van der Waals surface area contributed by atoms with Crippen molar-refractivity contribution in [3.63, 3.8) is 0 Å². The molecule has 0 saturated carbocycles. The summed E-state index contributed by atoms with van der Waals surface area (Å²) in [6.07, 6.45) is 3.90. The topological polar surface area (TPSA) is 58.4 Å². The van der Waals surface area contributed by atoms with Crippen molar-refractivity contribution in [1.82, 2.24) is 14.5 Å². The van der Waals surface area contributed by atoms with Gasteiger partial charge in [0.25, 0.3) is 0 Å². The van der Waals surface area contributed by atoms with Crippen LogP contribution in [0.25, 0.3) is 11.0 Å². The van der Waals surface area contributed by atoms with Crippen LogP contribution >= 0.6 is 0 Å². The van der Waals surface area contributed by atoms with Gasteiger partial charge in [-0.3, -0.25) is 0 Å². The highest BCUT2D eigenvalue weighted by Crippen LogP contribution is 2.18. The standard InChI is InChI=1S/C14H19N3O2/c1-16(2)8-3-4-9-17-10-15-13-11(14(18)19)6-5-7-12(13)17/h5-7,10H,3-4,8-9H2,1-2H3,(H,18,19). The number of aromatic carboxylic acids is 1. The Morgan fingerprint density at radius 3 is 2.84 bits per heavy atom. The molecular weight excluding hydrogens is 242 g/mol. The summed E-state index contributed by atoms with van der Waals surface area (Å²) >= 11 is 0. The smallest absolute Gasteiger partial charge is 0.337 e. The van der Waals surface area contributed by atoms with Crippen LogP contribution in [0.15, 0.2) is 24.5 Å². The number of unbranched alkanes of at least 4 members (excludes halogenated alkanes) is 1. The number of fused-ring (bicyclic) bond motifs is 1. The Morgan fingerprint density at radius 2 is 2.16 bits per heavy atom. The van der Waals surface area contributed by atoms with Crippen LogP contribution in [0.1, 0.15) is 23.2 Å². The van der Waals surface area contributed by atoms with Crippen LogP contribution in [0.4, 0.5) is 0 Å². The molecule has 2 aromatic rings. The van der Waals surface area contributed by atoms with E-state index < -0.39 is 5.97 Å². The predicted octanol–water partition coefficient (Wildman–Crippen LogP) is 2.08. The van der Waals surface area contributed by atoms with Crippen molar-refractivity contribution in [3.8, 4) is 0 Å². The summed E-state index contributed by atoms with van der Waals surface area (Å²) in [4.78, 5) is 17.5. The van der Waals surface area contributed by atoms with Gasteiger partial charge in [-0.15, -0.1) is 0 Å². The lowest BCUT2D eigenvalue weighted by atomic mass is 10.2. The maximum Gasteiger partial charge on any atom is 0.337 e. The number of aryl methyl sites for hydroxylation is 1. The summed E-state index contributed by atoms with van der Waals surface area (Å²) in [5.41, 5.74) is 1.73. The van der Waals surface area contributed by atoms with Gasteiger partial charge in [0.1, 0.15) is 5.52 Å². The van der Waals surface area contributed by atoms with Crippen molar-refractivity contribution >= 4 is 17.0 Å². The number of carboxylic acid groups (broad SMARTS) is 1. The Bertz CT molecular complexity index is 575. The number of carbonyl (C=O) groups is 1. The predicted molar refractivity (Wildman–Crippen MR) is 74.5 cm³/mol. The van der Waals surface area contributed by atoms with Crippen molar-refractivity contribution in [3.05, 3.63) is 30.1 Å². The highest BCUT2D eigenvalue weighted by Gasteiger charge is 2.11. The minimum absolute atomic E-state index is 0.268. The molecule has 0 bridgehead atoms. The molecule has 0 aliphatic carbocycles. The number of nitrogens with zero attached hydrogens (tertiary/aromatic N) is 3. The number of aromatic nitrogens is 2. The Morgan fingerprint density at radius 1 is 1.37 bits per heavy atom. The maximum absolute atomic E-state index is 11.1. The van der Waals surface area contributed by atoms with Crippen molar-refractivity contribution < 1.29 is 9.90 Å². The minimum Gasteiger partial charge on any atom is -0.478 e. The number of imidazole rings is 1. The van der Waals surface area contributed by atoms with Crippen molar-refractivity contribution in [2.75, 3.05) is 20.6 Å². The van der Waals surface area contributed by atoms with Gasteiger partial charge in [0, 0.05) is 6.54 Å². The summed E-state index contributed by atoms with van der Waals surface area (Å²) in [7, 11) is 4.12. The fraction of sp³-hybridized carbons (Fsp3) is 0.429. The third kappa shape index (κ3) is 3.12. The molecule has 19 heavy (non-hydrogen) atoms. The first kappa shape index (κ1) is 13.5. The number of hydrogen-bond donors (Lipinski definition) is 1. The van der Waals surface area contributed by atoms with E-state index in [4.69, 9.17) is 5.11 Å². The van der Waals surface area contributed by atoms with Gasteiger partial charge in [0.05, 0.1) is 17.4 Å². The molecule has 0 aliphatic heterocycles. The lowest BCUT2D eigenvalue weighted by molar-refractivity contribution is 0.0699. The molecule has 1 aromatic carbocycles. The van der Waals surface area contributed by atoms with Gasteiger partial charge in [0.15, 0.2) is 0 Å². The number of benzene rings is 1. The molecule has 1 N–H and O–H groups in total. The number of hydrogen-bond acceptors (Lipinski definition) is 3. The third-order valence-electron chi connectivity index (χ3n) is 3.14. The molecule has 1 aromatic heterocycles. The van der Waals surface area contributed by atoms with E-state index in [-0.39, 0.29) is 5.56 Å². The molecule has 0 radical (unpaired) electrons. The summed E-state index contributed by atoms with van der Waals surface area (Å²) in [6.45, 7) is 1.93. The molecule has 0 unspecified atom stereocenters. The second kappa shape index (κ2) is 5.84. The molecule has 102 valence electrons. The van der Waals surface area contributed by atoms with E-state index in [1.165, 1.54) is 0 Å². The van der Waals surface area contributed by atoms with Gasteiger partial charge < -0.3 is 14.6 Å². The molecule has 0 amide bonds. The van der Waals surface area contributed by atoms with E-state index in [2.05, 4.69) is 24.0 Å². The molecule has 0 fully saturated rings. The van der Waals surface area contributed by atoms with Crippen molar-refractivity contribution in [1.29, 1.82) is 0 Å². The Labute approximate surface area is 112 Å². The zero-order valence-corrected chi connectivity index (χ0v) is 11.3. The SMILES string of the molecule is CN(C)CCCCn1cnc2c(C(=O)O)cccc21. The van der Waals surface area contributed by atoms with Crippen LogP contribution in [0.3, 0.4) is 0 Å². The van der Waals surface area contributed by atoms with Gasteiger partial charge >= 0.3 is 5.97 Å². The van der Waals surface area contributed by atoms with Crippen LogP contribution in [-0.2, 0) is 6.54 Å². The largest absolute Gasteiger partial charge is 0.478 e. The zero-order valence-electron chi connectivity index (χ0n) is 11.3. The number of rotatable bonds is 6. The summed E-state index contributed by atoms with van der Waals surface area (Å²) in [6, 6.07) is 5.28. The molecule has 0 aliphatic rings. The summed E-state index contributed by atoms with van der Waals surface area (Å²) < 4.78 is 2.03. The van der Waals surface area contributed by atoms with Crippen molar-refractivity contribution in [2.45, 2.75) is 19.4 Å². The van der Waals surface area contributed by atoms with Crippen LogP contribution in [-0.4, -0.2) is 46.2 Å². The fourth-order valence-electron chi connectivity index (χ4n) is 2.15. The molecule has 1 heterocycles. The van der Waals surface area contributed by atoms with Gasteiger partial charge in [0.2, 0.25) is 0 Å². The first-order valence-electron chi connectivity index (χ1n) is 6.41. The Kier molecular flexibility index (Phi) is 4.16. The summed E-state index contributed by atoms with van der Waals surface area (Å²) in [5.74, 6) is -0.927. The first-order valence-corrected chi connectivity index (χ1v) is 6.41. The number of para-hydroxylation sites is 1. The van der Waals surface area contributed by atoms with Crippen LogP contribution in [0.5, 0.6) is 0 Å². The quantitative estimate of drug-likeness (QED) is 0.809.